The molecule has 0 amide bonds. The molecule has 0 aliphatic carbocycles. The number of unbranched alkanes of at least 4 members (excludes halogenated alkanes) is 10. The molecule has 1 heterocycles. The van der Waals surface area contributed by atoms with Gasteiger partial charge in [0.15, 0.2) is 0 Å². The molecule has 0 bridgehead atoms. The van der Waals surface area contributed by atoms with Crippen molar-refractivity contribution in [3.8, 4) is 11.5 Å². The number of benzene rings is 2. The summed E-state index contributed by atoms with van der Waals surface area (Å²) in [4.78, 5) is 4.87. The van der Waals surface area contributed by atoms with Crippen LogP contribution in [0.1, 0.15) is 108 Å². The molecule has 0 saturated heterocycles. The number of rotatable bonds is 18. The predicted octanol–water partition coefficient (Wildman–Crippen LogP) is 10.2. The Morgan fingerprint density at radius 1 is 0.676 bits per heavy atom. The molecule has 0 aliphatic rings. The number of hydrogen-bond donors (Lipinski definition) is 0. The van der Waals surface area contributed by atoms with Crippen LogP contribution in [0.15, 0.2) is 48.5 Å². The Bertz CT molecular complexity index is 1090. The van der Waals surface area contributed by atoms with Crippen LogP contribution < -0.4 is 9.47 Å². The fourth-order valence-corrected chi connectivity index (χ4v) is 4.58. The first-order valence-corrected chi connectivity index (χ1v) is 14.7. The van der Waals surface area contributed by atoms with Crippen LogP contribution in [-0.2, 0) is 0 Å². The largest absolute Gasteiger partial charge is 0.493 e. The molecule has 0 N–H and O–H groups in total. The number of ether oxygens (including phenoxy) is 2. The number of nitrogens with zero attached hydrogens (tertiary/aromatic N) is 1. The van der Waals surface area contributed by atoms with E-state index in [1.807, 2.05) is 6.07 Å². The van der Waals surface area contributed by atoms with E-state index in [-0.39, 0.29) is 0 Å². The van der Waals surface area contributed by atoms with E-state index in [9.17, 15) is 0 Å². The molecule has 1 aromatic heterocycles. The van der Waals surface area contributed by atoms with Crippen molar-refractivity contribution in [1.82, 2.24) is 4.98 Å². The summed E-state index contributed by atoms with van der Waals surface area (Å²) < 4.78 is 12.4. The molecule has 0 unspecified atom stereocenters. The molecule has 0 atom stereocenters. The lowest BCUT2D eigenvalue weighted by atomic mass is 10.1. The highest BCUT2D eigenvalue weighted by Crippen LogP contribution is 2.28. The van der Waals surface area contributed by atoms with Gasteiger partial charge in [0, 0.05) is 17.0 Å². The van der Waals surface area contributed by atoms with E-state index in [4.69, 9.17) is 14.5 Å². The maximum atomic E-state index is 6.29. The van der Waals surface area contributed by atoms with E-state index < -0.39 is 0 Å². The Labute approximate surface area is 225 Å². The smallest absolute Gasteiger partial charge is 0.130 e. The monoisotopic (exact) mass is 501 g/mol. The molecule has 0 radical (unpaired) electrons. The van der Waals surface area contributed by atoms with Gasteiger partial charge in [-0.3, -0.25) is 0 Å². The maximum absolute atomic E-state index is 6.29. The zero-order valence-electron chi connectivity index (χ0n) is 23.4. The molecular weight excluding hydrogens is 454 g/mol. The van der Waals surface area contributed by atoms with Crippen molar-refractivity contribution in [3.63, 3.8) is 0 Å². The highest BCUT2D eigenvalue weighted by Gasteiger charge is 2.07. The van der Waals surface area contributed by atoms with E-state index in [2.05, 4.69) is 75.4 Å². The van der Waals surface area contributed by atoms with Gasteiger partial charge in [-0.05, 0) is 61.7 Å². The topological polar surface area (TPSA) is 31.4 Å². The summed E-state index contributed by atoms with van der Waals surface area (Å²) in [5.41, 5.74) is 4.24. The molecule has 0 aliphatic heterocycles. The van der Waals surface area contributed by atoms with Gasteiger partial charge in [-0.1, -0.05) is 96.3 Å². The lowest BCUT2D eigenvalue weighted by molar-refractivity contribution is 0.289. The van der Waals surface area contributed by atoms with E-state index in [0.717, 1.165) is 54.3 Å². The molecule has 3 aromatic rings. The first-order valence-electron chi connectivity index (χ1n) is 14.7. The third-order valence-electron chi connectivity index (χ3n) is 6.88. The zero-order valence-corrected chi connectivity index (χ0v) is 23.4. The Morgan fingerprint density at radius 3 is 2.05 bits per heavy atom. The summed E-state index contributed by atoms with van der Waals surface area (Å²) in [6.07, 6.45) is 19.4. The van der Waals surface area contributed by atoms with Crippen LogP contribution in [-0.4, -0.2) is 18.2 Å². The number of fused-ring (bicyclic) bond motifs is 1. The summed E-state index contributed by atoms with van der Waals surface area (Å²) in [5, 5.41) is 1.17. The van der Waals surface area contributed by atoms with Gasteiger partial charge < -0.3 is 9.47 Å². The summed E-state index contributed by atoms with van der Waals surface area (Å²) in [5.74, 6) is 1.78. The standard InChI is InChI=1S/C34H47NO2/c1-4-6-8-10-12-16-24-36-31-22-20-29(34(27-31)37-25-17-13-11-9-7-5-2)21-23-32-28(3)26-30-18-14-15-19-33(30)35-32/h14-15,18-23,26-27H,4-13,16-17,24-25H2,1-3H3/b23-21+. The molecule has 3 heteroatoms. The Morgan fingerprint density at radius 2 is 1.32 bits per heavy atom. The second-order valence-corrected chi connectivity index (χ2v) is 10.1. The zero-order chi connectivity index (χ0) is 26.1. The van der Waals surface area contributed by atoms with E-state index in [1.165, 1.54) is 75.2 Å². The quantitative estimate of drug-likeness (QED) is 0.162. The molecule has 0 spiro atoms. The second kappa shape index (κ2) is 16.8. The number of aromatic nitrogens is 1. The van der Waals surface area contributed by atoms with Crippen molar-refractivity contribution < 1.29 is 9.47 Å². The molecular formula is C34H47NO2. The van der Waals surface area contributed by atoms with Crippen molar-refractivity contribution >= 4 is 23.1 Å². The lowest BCUT2D eigenvalue weighted by Gasteiger charge is -2.13. The average Bonchev–Trinajstić information content (AvgIpc) is 2.91. The minimum absolute atomic E-state index is 0.737. The van der Waals surface area contributed by atoms with Crippen LogP contribution in [0.4, 0.5) is 0 Å². The number of pyridine rings is 1. The normalized spacial score (nSPS) is 11.4. The molecule has 3 rings (SSSR count). The van der Waals surface area contributed by atoms with Crippen LogP contribution >= 0.6 is 0 Å². The van der Waals surface area contributed by atoms with Gasteiger partial charge in [-0.15, -0.1) is 0 Å². The van der Waals surface area contributed by atoms with Gasteiger partial charge in [0.25, 0.3) is 0 Å². The van der Waals surface area contributed by atoms with Crippen LogP contribution in [0.2, 0.25) is 0 Å². The SMILES string of the molecule is CCCCCCCCOc1ccc(/C=C/c2nc3ccccc3cc2C)c(OCCCCCCCC)c1. The van der Waals surface area contributed by atoms with Gasteiger partial charge >= 0.3 is 0 Å². The summed E-state index contributed by atoms with van der Waals surface area (Å²) in [6.45, 7) is 8.13. The van der Waals surface area contributed by atoms with Crippen molar-refractivity contribution in [2.75, 3.05) is 13.2 Å². The fourth-order valence-electron chi connectivity index (χ4n) is 4.58. The Hall–Kier alpha value is -2.81. The molecule has 0 fully saturated rings. The Balaban J connectivity index is 1.65. The molecule has 37 heavy (non-hydrogen) atoms. The van der Waals surface area contributed by atoms with E-state index >= 15 is 0 Å². The van der Waals surface area contributed by atoms with Gasteiger partial charge in [-0.2, -0.15) is 0 Å². The fraction of sp³-hybridized carbons (Fsp3) is 0.500. The van der Waals surface area contributed by atoms with Gasteiger partial charge in [0.2, 0.25) is 0 Å². The van der Waals surface area contributed by atoms with Gasteiger partial charge in [-0.25, -0.2) is 4.98 Å². The summed E-state index contributed by atoms with van der Waals surface area (Å²) in [7, 11) is 0. The highest BCUT2D eigenvalue weighted by atomic mass is 16.5. The Kier molecular flexibility index (Phi) is 13.1. The predicted molar refractivity (Wildman–Crippen MR) is 160 cm³/mol. The summed E-state index contributed by atoms with van der Waals surface area (Å²) in [6, 6.07) is 16.7. The van der Waals surface area contributed by atoms with Crippen molar-refractivity contribution in [1.29, 1.82) is 0 Å². The minimum Gasteiger partial charge on any atom is -0.493 e. The van der Waals surface area contributed by atoms with Crippen molar-refractivity contribution in [2.24, 2.45) is 0 Å². The van der Waals surface area contributed by atoms with Crippen LogP contribution in [0.5, 0.6) is 11.5 Å². The molecule has 200 valence electrons. The van der Waals surface area contributed by atoms with Crippen LogP contribution in [0.3, 0.4) is 0 Å². The lowest BCUT2D eigenvalue weighted by Crippen LogP contribution is -2.01. The number of hydrogen-bond acceptors (Lipinski definition) is 3. The third-order valence-corrected chi connectivity index (χ3v) is 6.88. The first kappa shape index (κ1) is 28.8. The minimum atomic E-state index is 0.737. The van der Waals surface area contributed by atoms with Crippen molar-refractivity contribution in [3.05, 3.63) is 65.4 Å². The molecule has 3 nitrogen and oxygen atoms in total. The molecule has 0 saturated carbocycles. The van der Waals surface area contributed by atoms with E-state index in [1.54, 1.807) is 0 Å². The maximum Gasteiger partial charge on any atom is 0.130 e. The second-order valence-electron chi connectivity index (χ2n) is 10.1. The van der Waals surface area contributed by atoms with Crippen molar-refractivity contribution in [2.45, 2.75) is 97.8 Å². The number of aryl methyl sites for hydroxylation is 1. The van der Waals surface area contributed by atoms with Crippen LogP contribution in [0.25, 0.3) is 23.1 Å². The number of para-hydroxylation sites is 1. The summed E-state index contributed by atoms with van der Waals surface area (Å²) >= 11 is 0. The first-order chi connectivity index (χ1) is 18.2. The third kappa shape index (κ3) is 10.2. The average molecular weight is 502 g/mol. The highest BCUT2D eigenvalue weighted by molar-refractivity contribution is 5.82. The van der Waals surface area contributed by atoms with E-state index in [0.29, 0.717) is 0 Å². The van der Waals surface area contributed by atoms with Crippen LogP contribution in [0, 0.1) is 6.92 Å². The van der Waals surface area contributed by atoms with Gasteiger partial charge in [0.05, 0.1) is 24.4 Å². The van der Waals surface area contributed by atoms with Gasteiger partial charge in [0.1, 0.15) is 11.5 Å². The molecule has 2 aromatic carbocycles.